The van der Waals surface area contributed by atoms with Gasteiger partial charge in [0.1, 0.15) is 10.8 Å². The lowest BCUT2D eigenvalue weighted by Gasteiger charge is -2.18. The molecule has 1 aliphatic rings. The Bertz CT molecular complexity index is 749. The molecule has 1 N–H and O–H groups in total. The maximum Gasteiger partial charge on any atom is 0.250 e. The van der Waals surface area contributed by atoms with Crippen LogP contribution in [0, 0.1) is 0 Å². The van der Waals surface area contributed by atoms with Crippen LogP contribution in [0.4, 0.5) is 5.13 Å². The van der Waals surface area contributed by atoms with Crippen molar-refractivity contribution < 1.29 is 9.53 Å². The summed E-state index contributed by atoms with van der Waals surface area (Å²) in [7, 11) is 0. The third kappa shape index (κ3) is 6.17. The Kier molecular flexibility index (Phi) is 7.39. The highest BCUT2D eigenvalue weighted by Crippen LogP contribution is 2.35. The second-order valence-electron chi connectivity index (χ2n) is 6.87. The van der Waals surface area contributed by atoms with E-state index in [-0.39, 0.29) is 5.91 Å². The largest absolute Gasteiger partial charge is 0.494 e. The van der Waals surface area contributed by atoms with Gasteiger partial charge in [-0.15, -0.1) is 10.2 Å². The molecule has 1 fully saturated rings. The molecule has 0 unspecified atom stereocenters. The highest BCUT2D eigenvalue weighted by atomic mass is 32.1. The molecule has 0 spiro atoms. The summed E-state index contributed by atoms with van der Waals surface area (Å²) in [5, 5.41) is 12.8. The molecule has 5 nitrogen and oxygen atoms in total. The van der Waals surface area contributed by atoms with Crippen LogP contribution < -0.4 is 10.1 Å². The van der Waals surface area contributed by atoms with Crippen LogP contribution in [0.1, 0.15) is 68.4 Å². The number of hydrogen-bond donors (Lipinski definition) is 1. The summed E-state index contributed by atoms with van der Waals surface area (Å²) in [6.07, 6.45) is 11.7. The lowest BCUT2D eigenvalue weighted by Crippen LogP contribution is -2.07. The Morgan fingerprint density at radius 2 is 2.00 bits per heavy atom. The molecule has 3 rings (SSSR count). The summed E-state index contributed by atoms with van der Waals surface area (Å²) in [4.78, 5) is 12.1. The first kappa shape index (κ1) is 19.5. The molecule has 1 aromatic heterocycles. The molecule has 1 heterocycles. The fourth-order valence-electron chi connectivity index (χ4n) is 3.13. The van der Waals surface area contributed by atoms with E-state index in [9.17, 15) is 4.79 Å². The number of benzene rings is 1. The number of carbonyl (C=O) groups excluding carboxylic acids is 1. The summed E-state index contributed by atoms with van der Waals surface area (Å²) < 4.78 is 5.64. The first-order valence-electron chi connectivity index (χ1n) is 9.80. The highest BCUT2D eigenvalue weighted by molar-refractivity contribution is 7.15. The topological polar surface area (TPSA) is 64.1 Å². The smallest absolute Gasteiger partial charge is 0.250 e. The number of nitrogens with zero attached hydrogens (tertiary/aromatic N) is 2. The van der Waals surface area contributed by atoms with Gasteiger partial charge < -0.3 is 4.74 Å². The fourth-order valence-corrected chi connectivity index (χ4v) is 4.04. The van der Waals surface area contributed by atoms with E-state index in [4.69, 9.17) is 4.74 Å². The lowest BCUT2D eigenvalue weighted by molar-refractivity contribution is -0.111. The molecular formula is C21H27N3O2S. The van der Waals surface area contributed by atoms with Crippen molar-refractivity contribution in [2.24, 2.45) is 0 Å². The van der Waals surface area contributed by atoms with Crippen LogP contribution in [0.3, 0.4) is 0 Å². The minimum Gasteiger partial charge on any atom is -0.494 e. The molecule has 0 radical (unpaired) electrons. The first-order chi connectivity index (χ1) is 13.2. The van der Waals surface area contributed by atoms with Gasteiger partial charge in [-0.1, -0.05) is 56.1 Å². The average molecular weight is 386 g/mol. The molecule has 6 heteroatoms. The van der Waals surface area contributed by atoms with Crippen molar-refractivity contribution in [1.29, 1.82) is 0 Å². The summed E-state index contributed by atoms with van der Waals surface area (Å²) >= 11 is 1.50. The van der Waals surface area contributed by atoms with Crippen LogP contribution >= 0.6 is 11.3 Å². The number of hydrogen-bond acceptors (Lipinski definition) is 5. The SMILES string of the molecule is CCCCOc1ccc(/C=C/C(=O)Nc2nnc(C3CCCCC3)s2)cc1. The normalized spacial score (nSPS) is 15.1. The van der Waals surface area contributed by atoms with Crippen LogP contribution in [0.2, 0.25) is 0 Å². The number of rotatable bonds is 8. The average Bonchev–Trinajstić information content (AvgIpc) is 3.17. The minimum atomic E-state index is -0.190. The van der Waals surface area contributed by atoms with Crippen LogP contribution in [0.25, 0.3) is 6.08 Å². The summed E-state index contributed by atoms with van der Waals surface area (Å²) in [6.45, 7) is 2.87. The quantitative estimate of drug-likeness (QED) is 0.487. The van der Waals surface area contributed by atoms with Gasteiger partial charge >= 0.3 is 0 Å². The molecule has 144 valence electrons. The van der Waals surface area contributed by atoms with Crippen LogP contribution in [0.15, 0.2) is 30.3 Å². The molecule has 0 atom stereocenters. The minimum absolute atomic E-state index is 0.190. The van der Waals surface area contributed by atoms with E-state index < -0.39 is 0 Å². The third-order valence-electron chi connectivity index (χ3n) is 4.70. The molecule has 1 saturated carbocycles. The van der Waals surface area contributed by atoms with Gasteiger partial charge in [-0.05, 0) is 43.0 Å². The zero-order valence-electron chi connectivity index (χ0n) is 15.8. The molecule has 1 amide bonds. The summed E-state index contributed by atoms with van der Waals surface area (Å²) in [5.74, 6) is 1.18. The van der Waals surface area contributed by atoms with Crippen LogP contribution in [0.5, 0.6) is 5.75 Å². The number of amides is 1. The Balaban J connectivity index is 1.49. The molecule has 1 aromatic carbocycles. The molecule has 27 heavy (non-hydrogen) atoms. The monoisotopic (exact) mass is 385 g/mol. The molecule has 2 aromatic rings. The summed E-state index contributed by atoms with van der Waals surface area (Å²) in [6, 6.07) is 7.73. The lowest BCUT2D eigenvalue weighted by atomic mass is 9.90. The summed E-state index contributed by atoms with van der Waals surface area (Å²) in [5.41, 5.74) is 0.952. The predicted octanol–water partition coefficient (Wildman–Crippen LogP) is 5.42. The second kappa shape index (κ2) is 10.2. The zero-order valence-corrected chi connectivity index (χ0v) is 16.6. The van der Waals surface area contributed by atoms with E-state index in [2.05, 4.69) is 22.4 Å². The van der Waals surface area contributed by atoms with E-state index in [1.165, 1.54) is 49.5 Å². The van der Waals surface area contributed by atoms with Gasteiger partial charge in [0.2, 0.25) is 11.0 Å². The van der Waals surface area contributed by atoms with Crippen molar-refractivity contribution in [3.63, 3.8) is 0 Å². The Hall–Kier alpha value is -2.21. The van der Waals surface area contributed by atoms with Gasteiger partial charge in [-0.3, -0.25) is 10.1 Å². The molecule has 0 saturated heterocycles. The number of ether oxygens (including phenoxy) is 1. The number of aromatic nitrogens is 2. The molecular weight excluding hydrogens is 358 g/mol. The van der Waals surface area contributed by atoms with Gasteiger partial charge in [0, 0.05) is 12.0 Å². The van der Waals surface area contributed by atoms with E-state index in [1.807, 2.05) is 24.3 Å². The van der Waals surface area contributed by atoms with Crippen LogP contribution in [-0.4, -0.2) is 22.7 Å². The molecule has 0 bridgehead atoms. The van der Waals surface area contributed by atoms with Crippen molar-refractivity contribution in [2.75, 3.05) is 11.9 Å². The number of carbonyl (C=O) groups is 1. The van der Waals surface area contributed by atoms with E-state index in [1.54, 1.807) is 6.08 Å². The van der Waals surface area contributed by atoms with Gasteiger partial charge in [0.25, 0.3) is 0 Å². The standard InChI is InChI=1S/C21H27N3O2S/c1-2-3-15-26-18-12-9-16(10-13-18)11-14-19(25)22-21-24-23-20(27-21)17-7-5-4-6-8-17/h9-14,17H,2-8,15H2,1H3,(H,22,24,25)/b14-11+. The van der Waals surface area contributed by atoms with Gasteiger partial charge in [-0.25, -0.2) is 0 Å². The van der Waals surface area contributed by atoms with E-state index in [0.29, 0.717) is 11.0 Å². The second-order valence-corrected chi connectivity index (χ2v) is 7.88. The third-order valence-corrected chi connectivity index (χ3v) is 5.70. The van der Waals surface area contributed by atoms with Crippen molar-refractivity contribution in [1.82, 2.24) is 10.2 Å². The Morgan fingerprint density at radius 1 is 1.22 bits per heavy atom. The Labute approximate surface area is 164 Å². The van der Waals surface area contributed by atoms with Crippen molar-refractivity contribution in [3.05, 3.63) is 40.9 Å². The highest BCUT2D eigenvalue weighted by Gasteiger charge is 2.19. The van der Waals surface area contributed by atoms with Gasteiger partial charge in [0.05, 0.1) is 6.61 Å². The number of nitrogens with one attached hydrogen (secondary N) is 1. The van der Waals surface area contributed by atoms with E-state index in [0.717, 1.165) is 35.8 Å². The van der Waals surface area contributed by atoms with Crippen LogP contribution in [-0.2, 0) is 4.79 Å². The number of unbranched alkanes of at least 4 members (excludes halogenated alkanes) is 1. The van der Waals surface area contributed by atoms with Gasteiger partial charge in [-0.2, -0.15) is 0 Å². The van der Waals surface area contributed by atoms with Gasteiger partial charge in [0.15, 0.2) is 0 Å². The Morgan fingerprint density at radius 3 is 2.74 bits per heavy atom. The van der Waals surface area contributed by atoms with Crippen molar-refractivity contribution in [2.45, 2.75) is 57.8 Å². The molecule has 0 aliphatic heterocycles. The number of anilines is 1. The maximum atomic E-state index is 12.1. The fraction of sp³-hybridized carbons (Fsp3) is 0.476. The predicted molar refractivity (Wildman–Crippen MR) is 110 cm³/mol. The van der Waals surface area contributed by atoms with Crippen molar-refractivity contribution >= 4 is 28.5 Å². The van der Waals surface area contributed by atoms with E-state index >= 15 is 0 Å². The maximum absolute atomic E-state index is 12.1. The zero-order chi connectivity index (χ0) is 18.9. The first-order valence-corrected chi connectivity index (χ1v) is 10.6. The molecule has 1 aliphatic carbocycles. The van der Waals surface area contributed by atoms with Crippen molar-refractivity contribution in [3.8, 4) is 5.75 Å².